The Hall–Kier alpha value is -3.04. The number of halogens is 1. The number of rotatable bonds is 5. The number of nitrogens with zero attached hydrogens (tertiary/aromatic N) is 3. The van der Waals surface area contributed by atoms with Crippen molar-refractivity contribution in [1.82, 2.24) is 9.55 Å². The van der Waals surface area contributed by atoms with E-state index in [-0.39, 0.29) is 12.2 Å². The average molecular weight is 514 g/mol. The molecule has 1 aliphatic heterocycles. The van der Waals surface area contributed by atoms with Crippen LogP contribution in [0.2, 0.25) is 0 Å². The van der Waals surface area contributed by atoms with Gasteiger partial charge in [-0.3, -0.25) is 14.3 Å². The van der Waals surface area contributed by atoms with Crippen LogP contribution < -0.4 is 19.6 Å². The van der Waals surface area contributed by atoms with E-state index >= 15 is 0 Å². The molecule has 0 radical (unpaired) electrons. The van der Waals surface area contributed by atoms with Crippen LogP contribution in [-0.2, 0) is 9.53 Å². The van der Waals surface area contributed by atoms with Gasteiger partial charge in [0.1, 0.15) is 5.75 Å². The summed E-state index contributed by atoms with van der Waals surface area (Å²) < 4.78 is 13.4. The molecule has 1 aromatic carbocycles. The molecule has 1 aliphatic rings. The van der Waals surface area contributed by atoms with Crippen LogP contribution >= 0.6 is 27.3 Å². The van der Waals surface area contributed by atoms with Gasteiger partial charge in [0.2, 0.25) is 0 Å². The van der Waals surface area contributed by atoms with Crippen LogP contribution in [0.15, 0.2) is 68.3 Å². The number of allylic oxidation sites excluding steroid dienone is 1. The van der Waals surface area contributed by atoms with E-state index in [1.807, 2.05) is 24.3 Å². The third-order valence-electron chi connectivity index (χ3n) is 4.99. The number of esters is 1. The van der Waals surface area contributed by atoms with Gasteiger partial charge in [-0.1, -0.05) is 23.5 Å². The summed E-state index contributed by atoms with van der Waals surface area (Å²) in [5.41, 5.74) is 2.18. The normalized spacial score (nSPS) is 15.9. The standard InChI is InChI=1S/C23H20BrN3O4S/c1-4-31-22(29)19-13(2)26-23-27(20(19)15-7-8-17(30-3)16(24)11-15)21(28)18(32-23)10-14-6-5-9-25-12-14/h5-12,20H,4H2,1-3H3/b18-10-. The van der Waals surface area contributed by atoms with Crippen LogP contribution in [0.5, 0.6) is 5.75 Å². The van der Waals surface area contributed by atoms with Crippen LogP contribution in [0.3, 0.4) is 0 Å². The highest BCUT2D eigenvalue weighted by molar-refractivity contribution is 9.10. The number of hydrogen-bond donors (Lipinski definition) is 0. The summed E-state index contributed by atoms with van der Waals surface area (Å²) in [6.45, 7) is 3.73. The number of benzene rings is 1. The van der Waals surface area contributed by atoms with Crippen LogP contribution in [0.1, 0.15) is 31.0 Å². The fourth-order valence-electron chi connectivity index (χ4n) is 3.57. The van der Waals surface area contributed by atoms with E-state index < -0.39 is 12.0 Å². The molecule has 2 aromatic heterocycles. The topological polar surface area (TPSA) is 82.8 Å². The van der Waals surface area contributed by atoms with Gasteiger partial charge in [-0.15, -0.1) is 0 Å². The molecule has 4 rings (SSSR count). The van der Waals surface area contributed by atoms with Crippen LogP contribution in [0, 0.1) is 0 Å². The van der Waals surface area contributed by atoms with Crippen molar-refractivity contribution in [1.29, 1.82) is 0 Å². The maximum Gasteiger partial charge on any atom is 0.338 e. The number of thiazole rings is 1. The monoisotopic (exact) mass is 513 g/mol. The molecule has 0 amide bonds. The summed E-state index contributed by atoms with van der Waals surface area (Å²) in [4.78, 5) is 35.6. The maximum atomic E-state index is 13.5. The van der Waals surface area contributed by atoms with E-state index in [4.69, 9.17) is 9.47 Å². The number of fused-ring (bicyclic) bond motifs is 1. The zero-order valence-electron chi connectivity index (χ0n) is 17.7. The SMILES string of the molecule is CCOC(=O)C1=C(C)N=c2s/c(=C\c3cccnc3)c(=O)n2C1c1ccc(OC)c(Br)c1. The Bertz CT molecular complexity index is 1390. The number of carbonyl (C=O) groups excluding carboxylic acids is 1. The Morgan fingerprint density at radius 3 is 2.81 bits per heavy atom. The molecular formula is C23H20BrN3O4S. The Kier molecular flexibility index (Phi) is 6.38. The lowest BCUT2D eigenvalue weighted by Crippen LogP contribution is -2.39. The summed E-state index contributed by atoms with van der Waals surface area (Å²) in [6.07, 6.45) is 5.14. The minimum absolute atomic E-state index is 0.222. The summed E-state index contributed by atoms with van der Waals surface area (Å²) in [5, 5.41) is 0. The first-order valence-corrected chi connectivity index (χ1v) is 11.5. The number of methoxy groups -OCH3 is 1. The molecule has 32 heavy (non-hydrogen) atoms. The first kappa shape index (κ1) is 22.2. The lowest BCUT2D eigenvalue weighted by atomic mass is 9.96. The molecule has 1 atom stereocenters. The predicted molar refractivity (Wildman–Crippen MR) is 125 cm³/mol. The van der Waals surface area contributed by atoms with Gasteiger partial charge in [0.15, 0.2) is 4.80 Å². The van der Waals surface area contributed by atoms with E-state index in [1.165, 1.54) is 11.3 Å². The summed E-state index contributed by atoms with van der Waals surface area (Å²) in [6, 6.07) is 8.48. The van der Waals surface area contributed by atoms with Crippen molar-refractivity contribution in [2.24, 2.45) is 4.99 Å². The third-order valence-corrected chi connectivity index (χ3v) is 6.59. The van der Waals surface area contributed by atoms with E-state index in [2.05, 4.69) is 25.9 Å². The fraction of sp³-hybridized carbons (Fsp3) is 0.217. The first-order chi connectivity index (χ1) is 15.4. The van der Waals surface area contributed by atoms with Crippen molar-refractivity contribution in [2.75, 3.05) is 13.7 Å². The van der Waals surface area contributed by atoms with Crippen molar-refractivity contribution in [3.05, 3.63) is 89.3 Å². The van der Waals surface area contributed by atoms with Crippen molar-refractivity contribution in [2.45, 2.75) is 19.9 Å². The molecule has 0 aliphatic carbocycles. The van der Waals surface area contributed by atoms with E-state index in [1.54, 1.807) is 50.1 Å². The van der Waals surface area contributed by atoms with Gasteiger partial charge in [-0.05, 0) is 65.2 Å². The van der Waals surface area contributed by atoms with E-state index in [0.717, 1.165) is 11.1 Å². The Balaban J connectivity index is 1.97. The maximum absolute atomic E-state index is 13.5. The number of ether oxygens (including phenoxy) is 2. The average Bonchev–Trinajstić information content (AvgIpc) is 3.08. The Labute approximate surface area is 196 Å². The molecule has 0 fully saturated rings. The largest absolute Gasteiger partial charge is 0.496 e. The molecule has 3 heterocycles. The number of hydrogen-bond acceptors (Lipinski definition) is 7. The van der Waals surface area contributed by atoms with Gasteiger partial charge < -0.3 is 9.47 Å². The Morgan fingerprint density at radius 2 is 2.16 bits per heavy atom. The molecule has 1 unspecified atom stereocenters. The van der Waals surface area contributed by atoms with Crippen molar-refractivity contribution < 1.29 is 14.3 Å². The van der Waals surface area contributed by atoms with Gasteiger partial charge in [-0.2, -0.15) is 0 Å². The van der Waals surface area contributed by atoms with Gasteiger partial charge in [0.05, 0.1) is 40.0 Å². The molecule has 3 aromatic rings. The smallest absolute Gasteiger partial charge is 0.338 e. The lowest BCUT2D eigenvalue weighted by Gasteiger charge is -2.25. The number of pyridine rings is 1. The van der Waals surface area contributed by atoms with E-state index in [0.29, 0.717) is 30.8 Å². The highest BCUT2D eigenvalue weighted by atomic mass is 79.9. The third kappa shape index (κ3) is 4.05. The van der Waals surface area contributed by atoms with Gasteiger partial charge >= 0.3 is 5.97 Å². The summed E-state index contributed by atoms with van der Waals surface area (Å²) in [5.74, 6) is 0.156. The molecular weight excluding hydrogens is 494 g/mol. The molecule has 0 spiro atoms. The quantitative estimate of drug-likeness (QED) is 0.489. The van der Waals surface area contributed by atoms with Gasteiger partial charge in [0, 0.05) is 12.4 Å². The minimum Gasteiger partial charge on any atom is -0.496 e. The zero-order valence-corrected chi connectivity index (χ0v) is 20.1. The molecule has 0 N–H and O–H groups in total. The van der Waals surface area contributed by atoms with Crippen LogP contribution in [0.25, 0.3) is 6.08 Å². The van der Waals surface area contributed by atoms with Gasteiger partial charge in [0.25, 0.3) is 5.56 Å². The second-order valence-electron chi connectivity index (χ2n) is 6.98. The highest BCUT2D eigenvalue weighted by Crippen LogP contribution is 2.34. The molecule has 0 saturated heterocycles. The van der Waals surface area contributed by atoms with Crippen molar-refractivity contribution in [3.8, 4) is 5.75 Å². The molecule has 7 nitrogen and oxygen atoms in total. The first-order valence-electron chi connectivity index (χ1n) is 9.87. The zero-order chi connectivity index (χ0) is 22.8. The molecule has 0 bridgehead atoms. The molecule has 0 saturated carbocycles. The van der Waals surface area contributed by atoms with Crippen LogP contribution in [-0.4, -0.2) is 29.2 Å². The van der Waals surface area contributed by atoms with Crippen LogP contribution in [0.4, 0.5) is 0 Å². The number of carbonyl (C=O) groups is 1. The summed E-state index contributed by atoms with van der Waals surface area (Å²) >= 11 is 4.78. The number of aromatic nitrogens is 2. The predicted octanol–water partition coefficient (Wildman–Crippen LogP) is 2.96. The summed E-state index contributed by atoms with van der Waals surface area (Å²) in [7, 11) is 1.58. The highest BCUT2D eigenvalue weighted by Gasteiger charge is 2.33. The minimum atomic E-state index is -0.677. The lowest BCUT2D eigenvalue weighted by molar-refractivity contribution is -0.139. The van der Waals surface area contributed by atoms with Crippen molar-refractivity contribution in [3.63, 3.8) is 0 Å². The molecule has 9 heteroatoms. The van der Waals surface area contributed by atoms with E-state index in [9.17, 15) is 9.59 Å². The Morgan fingerprint density at radius 1 is 1.34 bits per heavy atom. The second-order valence-corrected chi connectivity index (χ2v) is 8.85. The van der Waals surface area contributed by atoms with Gasteiger partial charge in [-0.25, -0.2) is 9.79 Å². The second kappa shape index (κ2) is 9.22. The van der Waals surface area contributed by atoms with Crippen molar-refractivity contribution >= 4 is 39.3 Å². The molecule has 164 valence electrons. The fourth-order valence-corrected chi connectivity index (χ4v) is 5.18.